The van der Waals surface area contributed by atoms with Crippen molar-refractivity contribution in [3.63, 3.8) is 0 Å². The van der Waals surface area contributed by atoms with E-state index in [1.54, 1.807) is 17.0 Å². The van der Waals surface area contributed by atoms with Crippen LogP contribution in [-0.4, -0.2) is 75.2 Å². The van der Waals surface area contributed by atoms with Gasteiger partial charge >= 0.3 is 12.3 Å². The van der Waals surface area contributed by atoms with Crippen LogP contribution in [0.2, 0.25) is 5.15 Å². The van der Waals surface area contributed by atoms with Gasteiger partial charge in [-0.15, -0.1) is 0 Å². The maximum atomic E-state index is 13.2. The molecular formula is C23H25ClF3N5O4S. The Hall–Kier alpha value is -2.61. The van der Waals surface area contributed by atoms with Gasteiger partial charge in [-0.1, -0.05) is 11.6 Å². The van der Waals surface area contributed by atoms with Gasteiger partial charge in [-0.05, 0) is 49.5 Å². The largest absolute Gasteiger partial charge is 0.441 e. The molecule has 14 heteroatoms. The second kappa shape index (κ2) is 9.61. The third kappa shape index (κ3) is 5.22. The number of carbonyl (C=O) groups excluding carboxylic acids is 1. The number of pyridine rings is 1. The number of carbonyl (C=O) groups is 1. The summed E-state index contributed by atoms with van der Waals surface area (Å²) in [5, 5.41) is 2.96. The zero-order chi connectivity index (χ0) is 26.4. The first-order valence-electron chi connectivity index (χ1n) is 11.8. The van der Waals surface area contributed by atoms with Gasteiger partial charge in [-0.2, -0.15) is 17.5 Å². The van der Waals surface area contributed by atoms with Crippen LogP contribution in [0.25, 0.3) is 0 Å². The Morgan fingerprint density at radius 2 is 1.68 bits per heavy atom. The fourth-order valence-corrected chi connectivity index (χ4v) is 6.50. The van der Waals surface area contributed by atoms with Gasteiger partial charge in [0.05, 0.1) is 17.0 Å². The van der Waals surface area contributed by atoms with E-state index in [0.717, 1.165) is 38.1 Å². The van der Waals surface area contributed by atoms with Crippen LogP contribution in [0.4, 0.5) is 29.5 Å². The van der Waals surface area contributed by atoms with Crippen molar-refractivity contribution in [2.75, 3.05) is 55.6 Å². The summed E-state index contributed by atoms with van der Waals surface area (Å²) >= 11 is 5.79. The van der Waals surface area contributed by atoms with Crippen LogP contribution >= 0.6 is 11.6 Å². The summed E-state index contributed by atoms with van der Waals surface area (Å²) in [6.45, 7) is 2.38. The molecule has 3 aliphatic heterocycles. The number of sulfonamides is 1. The molecule has 1 aromatic heterocycles. The van der Waals surface area contributed by atoms with Crippen LogP contribution in [0.15, 0.2) is 41.3 Å². The summed E-state index contributed by atoms with van der Waals surface area (Å²) in [6, 6.07) is 7.73. The zero-order valence-electron chi connectivity index (χ0n) is 19.7. The number of anilines is 2. The highest BCUT2D eigenvalue weighted by Crippen LogP contribution is 2.35. The monoisotopic (exact) mass is 559 g/mol. The van der Waals surface area contributed by atoms with Crippen molar-refractivity contribution in [1.82, 2.24) is 14.6 Å². The molecule has 37 heavy (non-hydrogen) atoms. The van der Waals surface area contributed by atoms with Crippen molar-refractivity contribution >= 4 is 39.2 Å². The average molecular weight is 560 g/mol. The quantitative estimate of drug-likeness (QED) is 0.574. The molecule has 9 nitrogen and oxygen atoms in total. The smallest absolute Gasteiger partial charge is 0.416 e. The Balaban J connectivity index is 1.25. The molecule has 0 saturated carbocycles. The summed E-state index contributed by atoms with van der Waals surface area (Å²) in [6.07, 6.45) is -3.58. The predicted molar refractivity (Wildman–Crippen MR) is 130 cm³/mol. The van der Waals surface area contributed by atoms with E-state index in [2.05, 4.69) is 10.3 Å². The van der Waals surface area contributed by atoms with Gasteiger partial charge in [0.25, 0.3) is 0 Å². The summed E-state index contributed by atoms with van der Waals surface area (Å²) in [5.74, 6) is 0.0465. The number of rotatable bonds is 4. The van der Waals surface area contributed by atoms with Crippen molar-refractivity contribution in [1.29, 1.82) is 0 Å². The van der Waals surface area contributed by atoms with E-state index in [1.165, 1.54) is 21.3 Å². The highest BCUT2D eigenvalue weighted by atomic mass is 35.5. The zero-order valence-corrected chi connectivity index (χ0v) is 21.2. The number of halogens is 4. The topological polar surface area (TPSA) is 95.1 Å². The van der Waals surface area contributed by atoms with Crippen LogP contribution in [0, 0.1) is 0 Å². The van der Waals surface area contributed by atoms with Gasteiger partial charge in [-0.25, -0.2) is 18.2 Å². The molecule has 1 spiro atoms. The van der Waals surface area contributed by atoms with Crippen molar-refractivity contribution in [3.8, 4) is 0 Å². The first-order chi connectivity index (χ1) is 17.5. The van der Waals surface area contributed by atoms with Gasteiger partial charge in [0.2, 0.25) is 10.0 Å². The molecule has 3 aliphatic rings. The predicted octanol–water partition coefficient (Wildman–Crippen LogP) is 3.34. The molecule has 0 unspecified atom stereocenters. The van der Waals surface area contributed by atoms with Crippen LogP contribution in [-0.2, 0) is 20.9 Å². The minimum atomic E-state index is -4.57. The maximum absolute atomic E-state index is 13.2. The molecule has 0 bridgehead atoms. The van der Waals surface area contributed by atoms with Crippen LogP contribution in [0.3, 0.4) is 0 Å². The van der Waals surface area contributed by atoms with E-state index < -0.39 is 33.5 Å². The van der Waals surface area contributed by atoms with Crippen molar-refractivity contribution in [2.45, 2.75) is 29.5 Å². The average Bonchev–Trinajstić information content (AvgIpc) is 3.18. The SMILES string of the molecule is O=C1OC2(CCNCC2)CN1c1ccc(S(=O)(=O)N2CCN(c3cc(C(F)(F)F)cc(Cl)n3)CC2)cc1. The van der Waals surface area contributed by atoms with E-state index in [9.17, 15) is 26.4 Å². The summed E-state index contributed by atoms with van der Waals surface area (Å²) in [4.78, 5) is 19.6. The molecule has 2 aromatic rings. The molecule has 0 radical (unpaired) electrons. The fourth-order valence-electron chi connectivity index (χ4n) is 4.88. The maximum Gasteiger partial charge on any atom is 0.416 e. The van der Waals surface area contributed by atoms with Crippen LogP contribution in [0.5, 0.6) is 0 Å². The molecule has 4 heterocycles. The van der Waals surface area contributed by atoms with E-state index in [1.807, 2.05) is 0 Å². The number of alkyl halides is 3. The van der Waals surface area contributed by atoms with Gasteiger partial charge in [0, 0.05) is 44.7 Å². The van der Waals surface area contributed by atoms with E-state index >= 15 is 0 Å². The summed E-state index contributed by atoms with van der Waals surface area (Å²) in [5.41, 5.74) is -0.881. The van der Waals surface area contributed by atoms with Crippen molar-refractivity contribution in [3.05, 3.63) is 47.1 Å². The number of hydrogen-bond acceptors (Lipinski definition) is 7. The van der Waals surface area contributed by atoms with E-state index in [-0.39, 0.29) is 42.0 Å². The molecule has 1 N–H and O–H groups in total. The van der Waals surface area contributed by atoms with Crippen LogP contribution < -0.4 is 15.1 Å². The molecule has 5 rings (SSSR count). The van der Waals surface area contributed by atoms with E-state index in [0.29, 0.717) is 12.2 Å². The molecule has 1 amide bonds. The Morgan fingerprint density at radius 1 is 1.03 bits per heavy atom. The van der Waals surface area contributed by atoms with Gasteiger partial charge < -0.3 is 15.0 Å². The van der Waals surface area contributed by atoms with Crippen LogP contribution in [0.1, 0.15) is 18.4 Å². The highest BCUT2D eigenvalue weighted by molar-refractivity contribution is 7.89. The number of hydrogen-bond donors (Lipinski definition) is 1. The molecule has 0 atom stereocenters. The molecule has 200 valence electrons. The lowest BCUT2D eigenvalue weighted by atomic mass is 9.92. The second-order valence-electron chi connectivity index (χ2n) is 9.31. The first-order valence-corrected chi connectivity index (χ1v) is 13.6. The van der Waals surface area contributed by atoms with Crippen molar-refractivity contribution in [2.24, 2.45) is 0 Å². The normalized spacial score (nSPS) is 20.9. The lowest BCUT2D eigenvalue weighted by molar-refractivity contribution is -0.137. The minimum absolute atomic E-state index is 0.0465. The lowest BCUT2D eigenvalue weighted by Crippen LogP contribution is -2.49. The Kier molecular flexibility index (Phi) is 6.75. The molecule has 3 fully saturated rings. The Morgan fingerprint density at radius 3 is 2.30 bits per heavy atom. The van der Waals surface area contributed by atoms with Gasteiger partial charge in [-0.3, -0.25) is 4.90 Å². The van der Waals surface area contributed by atoms with Gasteiger partial charge in [0.15, 0.2) is 0 Å². The number of nitrogens with zero attached hydrogens (tertiary/aromatic N) is 4. The van der Waals surface area contributed by atoms with E-state index in [4.69, 9.17) is 16.3 Å². The third-order valence-electron chi connectivity index (χ3n) is 6.94. The summed E-state index contributed by atoms with van der Waals surface area (Å²) in [7, 11) is -3.85. The number of aromatic nitrogens is 1. The Bertz CT molecular complexity index is 1280. The standard InChI is InChI=1S/C23H25ClF3N5O4S/c24-19-13-16(23(25,26)27)14-20(29-19)30-9-11-31(12-10-30)37(34,35)18-3-1-17(2-4-18)32-15-22(36-21(32)33)5-7-28-8-6-22/h1-4,13-14,28H,5-12,15H2. The number of benzene rings is 1. The molecule has 0 aliphatic carbocycles. The number of amides is 1. The minimum Gasteiger partial charge on any atom is -0.441 e. The van der Waals surface area contributed by atoms with Gasteiger partial charge in [0.1, 0.15) is 16.6 Å². The lowest BCUT2D eigenvalue weighted by Gasteiger charge is -2.35. The molecule has 1 aromatic carbocycles. The Labute approximate surface area is 217 Å². The number of nitrogens with one attached hydrogen (secondary N) is 1. The molecule has 3 saturated heterocycles. The second-order valence-corrected chi connectivity index (χ2v) is 11.6. The number of piperidine rings is 1. The fraction of sp³-hybridized carbons (Fsp3) is 0.478. The first kappa shape index (κ1) is 26.0. The number of piperazine rings is 1. The number of ether oxygens (including phenoxy) is 1. The molecular weight excluding hydrogens is 535 g/mol. The van der Waals surface area contributed by atoms with Crippen molar-refractivity contribution < 1.29 is 31.1 Å². The summed E-state index contributed by atoms with van der Waals surface area (Å²) < 4.78 is 72.8. The third-order valence-corrected chi connectivity index (χ3v) is 9.05. The highest BCUT2D eigenvalue weighted by Gasteiger charge is 2.46.